The van der Waals surface area contributed by atoms with Gasteiger partial charge in [0, 0.05) is 64.2 Å². The lowest BCUT2D eigenvalue weighted by Crippen LogP contribution is -2.11. The van der Waals surface area contributed by atoms with Crippen LogP contribution < -0.4 is 9.80 Å². The zero-order chi connectivity index (χ0) is 39.2. The largest absolute Gasteiger partial charge is 0.454 e. The van der Waals surface area contributed by atoms with Gasteiger partial charge in [0.25, 0.3) is 0 Å². The summed E-state index contributed by atoms with van der Waals surface area (Å²) < 4.78 is 15.8. The molecule has 0 unspecified atom stereocenters. The van der Waals surface area contributed by atoms with E-state index >= 15 is 0 Å². The molecule has 0 saturated heterocycles. The third kappa shape index (κ3) is 5.28. The lowest BCUT2D eigenvalue weighted by atomic mass is 10.00. The van der Waals surface area contributed by atoms with Gasteiger partial charge in [0.15, 0.2) is 11.2 Å². The van der Waals surface area contributed by atoms with Crippen molar-refractivity contribution in [3.05, 3.63) is 193 Å². The van der Waals surface area contributed by atoms with E-state index in [1.54, 1.807) is 0 Å². The summed E-state index contributed by atoms with van der Waals surface area (Å²) >= 11 is 1.84. The lowest BCUT2D eigenvalue weighted by Gasteiger charge is -2.27. The van der Waals surface area contributed by atoms with Crippen LogP contribution in [0, 0.1) is 13.8 Å². The van der Waals surface area contributed by atoms with Gasteiger partial charge < -0.3 is 18.6 Å². The Morgan fingerprint density at radius 1 is 0.356 bits per heavy atom. The molecule has 9 aromatic carbocycles. The number of anilines is 6. The Morgan fingerprint density at radius 2 is 0.864 bits per heavy atom. The molecule has 3 aromatic heterocycles. The molecular formula is C54H36N2O2S. The van der Waals surface area contributed by atoms with Crippen LogP contribution in [0.1, 0.15) is 11.1 Å². The van der Waals surface area contributed by atoms with Crippen LogP contribution in [0.25, 0.3) is 74.8 Å². The van der Waals surface area contributed by atoms with Gasteiger partial charge in [-0.3, -0.25) is 0 Å². The van der Waals surface area contributed by atoms with Gasteiger partial charge in [-0.1, -0.05) is 115 Å². The molecule has 0 aliphatic carbocycles. The van der Waals surface area contributed by atoms with E-state index < -0.39 is 0 Å². The standard InChI is InChI=1S/C54H36N2O2S/c1-33-13-9-15-35(29-33)55(45-23-11-21-42-39-18-5-7-25-48(39)57-53(42)45)37-27-28-44-50(31-37)59-51-32-47(38-17-3-4-20-41(38)52(44)51)56(36-16-10-14-34(2)30-36)46-24-12-22-43-40-19-6-8-26-49(40)58-54(43)46/h3-32H,1-2H3. The van der Waals surface area contributed by atoms with E-state index in [1.165, 1.54) is 42.1 Å². The first kappa shape index (κ1) is 33.8. The number of nitrogens with zero attached hydrogens (tertiary/aromatic N) is 2. The molecule has 12 aromatic rings. The van der Waals surface area contributed by atoms with Crippen LogP contribution in [0.4, 0.5) is 34.1 Å². The topological polar surface area (TPSA) is 32.8 Å². The highest BCUT2D eigenvalue weighted by molar-refractivity contribution is 7.26. The SMILES string of the molecule is Cc1cccc(N(c2ccc3c(c2)sc2cc(N(c4cccc(C)c4)c4cccc5c4oc4ccccc45)c4ccccc4c23)c2cccc3c2oc2ccccc23)c1. The highest BCUT2D eigenvalue weighted by atomic mass is 32.1. The summed E-state index contributed by atoms with van der Waals surface area (Å²) in [5, 5.41) is 9.35. The molecule has 3 heterocycles. The molecule has 0 aliphatic heterocycles. The van der Waals surface area contributed by atoms with Gasteiger partial charge >= 0.3 is 0 Å². The molecule has 12 rings (SSSR count). The van der Waals surface area contributed by atoms with Crippen LogP contribution in [0.3, 0.4) is 0 Å². The third-order valence-electron chi connectivity index (χ3n) is 11.7. The van der Waals surface area contributed by atoms with Gasteiger partial charge in [-0.15, -0.1) is 11.3 Å². The fourth-order valence-electron chi connectivity index (χ4n) is 9.12. The second-order valence-electron chi connectivity index (χ2n) is 15.4. The van der Waals surface area contributed by atoms with E-state index in [0.717, 1.165) is 78.0 Å². The van der Waals surface area contributed by atoms with E-state index in [2.05, 4.69) is 194 Å². The Morgan fingerprint density at radius 3 is 1.49 bits per heavy atom. The summed E-state index contributed by atoms with van der Waals surface area (Å²) in [5.41, 5.74) is 12.3. The molecule has 5 heteroatoms. The van der Waals surface area contributed by atoms with Crippen molar-refractivity contribution in [3.63, 3.8) is 0 Å². The normalized spacial score (nSPS) is 11.9. The number of hydrogen-bond donors (Lipinski definition) is 0. The molecule has 0 saturated carbocycles. The molecule has 0 amide bonds. The van der Waals surface area contributed by atoms with Crippen LogP contribution >= 0.6 is 11.3 Å². The highest BCUT2D eigenvalue weighted by Gasteiger charge is 2.25. The van der Waals surface area contributed by atoms with Crippen molar-refractivity contribution < 1.29 is 8.83 Å². The number of fused-ring (bicyclic) bond motifs is 11. The zero-order valence-corrected chi connectivity index (χ0v) is 33.3. The Kier molecular flexibility index (Phi) is 7.50. The van der Waals surface area contributed by atoms with Crippen molar-refractivity contribution >= 4 is 120 Å². The van der Waals surface area contributed by atoms with Gasteiger partial charge in [0.2, 0.25) is 0 Å². The Bertz CT molecular complexity index is 3630. The van der Waals surface area contributed by atoms with Crippen LogP contribution in [-0.4, -0.2) is 0 Å². The first-order valence-corrected chi connectivity index (χ1v) is 20.8. The molecule has 4 nitrogen and oxygen atoms in total. The summed E-state index contributed by atoms with van der Waals surface area (Å²) in [5.74, 6) is 0. The predicted molar refractivity (Wildman–Crippen MR) is 250 cm³/mol. The molecule has 0 spiro atoms. The highest BCUT2D eigenvalue weighted by Crippen LogP contribution is 2.50. The molecule has 0 N–H and O–H groups in total. The zero-order valence-electron chi connectivity index (χ0n) is 32.4. The molecule has 0 radical (unpaired) electrons. The Labute approximate surface area is 344 Å². The number of aryl methyl sites for hydroxylation is 2. The van der Waals surface area contributed by atoms with Crippen molar-refractivity contribution in [1.29, 1.82) is 0 Å². The lowest BCUT2D eigenvalue weighted by molar-refractivity contribution is 0.668. The predicted octanol–water partition coefficient (Wildman–Crippen LogP) is 16.6. The fourth-order valence-corrected chi connectivity index (χ4v) is 10.3. The van der Waals surface area contributed by atoms with Crippen LogP contribution in [0.5, 0.6) is 0 Å². The van der Waals surface area contributed by atoms with E-state index in [4.69, 9.17) is 8.83 Å². The smallest absolute Gasteiger partial charge is 0.159 e. The van der Waals surface area contributed by atoms with Crippen LogP contribution in [0.15, 0.2) is 191 Å². The number of thiophene rings is 1. The monoisotopic (exact) mass is 776 g/mol. The molecule has 280 valence electrons. The number of hydrogen-bond acceptors (Lipinski definition) is 5. The average Bonchev–Trinajstić information content (AvgIpc) is 3.96. The minimum absolute atomic E-state index is 0.871. The second kappa shape index (κ2) is 13.1. The quantitative estimate of drug-likeness (QED) is 0.168. The number of para-hydroxylation sites is 4. The maximum Gasteiger partial charge on any atom is 0.159 e. The first-order valence-electron chi connectivity index (χ1n) is 20.0. The molecule has 0 aliphatic rings. The maximum atomic E-state index is 6.69. The van der Waals surface area contributed by atoms with Gasteiger partial charge in [0.05, 0.1) is 17.1 Å². The number of rotatable bonds is 6. The summed E-state index contributed by atoms with van der Waals surface area (Å²) in [6, 6.07) is 65.2. The van der Waals surface area contributed by atoms with E-state index in [-0.39, 0.29) is 0 Å². The first-order chi connectivity index (χ1) is 29.1. The molecular weight excluding hydrogens is 741 g/mol. The van der Waals surface area contributed by atoms with Gasteiger partial charge in [-0.05, 0) is 97.1 Å². The van der Waals surface area contributed by atoms with E-state index in [0.29, 0.717) is 0 Å². The molecule has 0 atom stereocenters. The number of benzene rings is 9. The van der Waals surface area contributed by atoms with Crippen molar-refractivity contribution in [3.8, 4) is 0 Å². The maximum absolute atomic E-state index is 6.69. The average molecular weight is 777 g/mol. The van der Waals surface area contributed by atoms with Crippen molar-refractivity contribution in [2.24, 2.45) is 0 Å². The van der Waals surface area contributed by atoms with Crippen LogP contribution in [0.2, 0.25) is 0 Å². The van der Waals surface area contributed by atoms with E-state index in [1.807, 2.05) is 23.5 Å². The minimum Gasteiger partial charge on any atom is -0.454 e. The summed E-state index contributed by atoms with van der Waals surface area (Å²) in [7, 11) is 0. The molecule has 59 heavy (non-hydrogen) atoms. The van der Waals surface area contributed by atoms with Crippen molar-refractivity contribution in [2.75, 3.05) is 9.80 Å². The van der Waals surface area contributed by atoms with Crippen LogP contribution in [-0.2, 0) is 0 Å². The Balaban J connectivity index is 1.10. The van der Waals surface area contributed by atoms with Crippen molar-refractivity contribution in [2.45, 2.75) is 13.8 Å². The molecule has 0 fully saturated rings. The third-order valence-corrected chi connectivity index (χ3v) is 12.8. The Hall–Kier alpha value is -7.34. The fraction of sp³-hybridized carbons (Fsp3) is 0.0370. The van der Waals surface area contributed by atoms with Gasteiger partial charge in [-0.25, -0.2) is 0 Å². The minimum atomic E-state index is 0.871. The molecule has 0 bridgehead atoms. The van der Waals surface area contributed by atoms with Gasteiger partial charge in [0.1, 0.15) is 11.2 Å². The summed E-state index contributed by atoms with van der Waals surface area (Å²) in [6.07, 6.45) is 0. The summed E-state index contributed by atoms with van der Waals surface area (Å²) in [4.78, 5) is 4.74. The summed E-state index contributed by atoms with van der Waals surface area (Å²) in [6.45, 7) is 4.30. The van der Waals surface area contributed by atoms with Gasteiger partial charge in [-0.2, -0.15) is 0 Å². The number of furan rings is 2. The van der Waals surface area contributed by atoms with Crippen molar-refractivity contribution in [1.82, 2.24) is 0 Å². The van der Waals surface area contributed by atoms with E-state index in [9.17, 15) is 0 Å². The second-order valence-corrected chi connectivity index (χ2v) is 16.5.